The molecule has 0 aliphatic heterocycles. The molecular weight excluding hydrogens is 248 g/mol. The van der Waals surface area contributed by atoms with Crippen LogP contribution in [-0.4, -0.2) is 28.2 Å². The number of hydrogen-bond acceptors (Lipinski definition) is 4. The lowest BCUT2D eigenvalue weighted by molar-refractivity contribution is -0.139. The summed E-state index contributed by atoms with van der Waals surface area (Å²) in [6.07, 6.45) is 0.939. The predicted molar refractivity (Wildman–Crippen MR) is 69.0 cm³/mol. The Labute approximate surface area is 112 Å². The first-order valence-corrected chi connectivity index (χ1v) is 6.35. The number of nitrogens with one attached hydrogen (secondary N) is 1. The van der Waals surface area contributed by atoms with Crippen LogP contribution in [0.2, 0.25) is 0 Å². The molecule has 0 aliphatic rings. The number of rotatable bonds is 6. The fraction of sp³-hybridized carbons (Fsp3) is 0.615. The molecule has 0 radical (unpaired) electrons. The first-order valence-electron chi connectivity index (χ1n) is 6.35. The van der Waals surface area contributed by atoms with Gasteiger partial charge in [0.05, 0.1) is 5.69 Å². The summed E-state index contributed by atoms with van der Waals surface area (Å²) in [5.41, 5.74) is 0.890. The molecule has 1 heterocycles. The van der Waals surface area contributed by atoms with Gasteiger partial charge in [0.15, 0.2) is 0 Å². The lowest BCUT2D eigenvalue weighted by Gasteiger charge is -2.16. The molecule has 106 valence electrons. The zero-order valence-electron chi connectivity index (χ0n) is 11.7. The Kier molecular flexibility index (Phi) is 5.09. The Bertz CT molecular complexity index is 465. The number of carboxylic acid groups (broad SMARTS) is 1. The minimum atomic E-state index is -1.03. The Balaban J connectivity index is 2.87. The number of carbonyl (C=O) groups is 2. The molecule has 0 saturated heterocycles. The topological polar surface area (TPSA) is 92.4 Å². The van der Waals surface area contributed by atoms with E-state index in [1.54, 1.807) is 6.92 Å². The molecule has 0 spiro atoms. The van der Waals surface area contributed by atoms with Crippen LogP contribution in [0.15, 0.2) is 4.52 Å². The predicted octanol–water partition coefficient (Wildman–Crippen LogP) is 1.77. The van der Waals surface area contributed by atoms with E-state index in [1.165, 1.54) is 0 Å². The number of aromatic nitrogens is 1. The zero-order chi connectivity index (χ0) is 14.6. The van der Waals surface area contributed by atoms with Gasteiger partial charge in [-0.25, -0.2) is 4.79 Å². The molecule has 1 aromatic heterocycles. The van der Waals surface area contributed by atoms with Crippen molar-refractivity contribution in [2.45, 2.75) is 46.6 Å². The molecule has 19 heavy (non-hydrogen) atoms. The van der Waals surface area contributed by atoms with Crippen LogP contribution in [0, 0.1) is 12.8 Å². The minimum absolute atomic E-state index is 0.176. The van der Waals surface area contributed by atoms with Gasteiger partial charge in [-0.3, -0.25) is 4.79 Å². The van der Waals surface area contributed by atoms with Crippen molar-refractivity contribution >= 4 is 11.9 Å². The summed E-state index contributed by atoms with van der Waals surface area (Å²) in [6.45, 7) is 7.31. The molecule has 1 amide bonds. The third kappa shape index (κ3) is 3.81. The number of carbonyl (C=O) groups excluding carboxylic acids is 1. The molecule has 0 aliphatic carbocycles. The second-order valence-electron chi connectivity index (χ2n) is 4.91. The van der Waals surface area contributed by atoms with E-state index in [0.717, 1.165) is 0 Å². The molecule has 6 nitrogen and oxygen atoms in total. The molecule has 2 N–H and O–H groups in total. The minimum Gasteiger partial charge on any atom is -0.480 e. The Morgan fingerprint density at radius 2 is 2.05 bits per heavy atom. The summed E-state index contributed by atoms with van der Waals surface area (Å²) in [5.74, 6) is -0.892. The van der Waals surface area contributed by atoms with Gasteiger partial charge in [-0.15, -0.1) is 0 Å². The average Bonchev–Trinajstić information content (AvgIpc) is 2.68. The highest BCUT2D eigenvalue weighted by Gasteiger charge is 2.25. The van der Waals surface area contributed by atoms with Crippen LogP contribution >= 0.6 is 0 Å². The third-order valence-electron chi connectivity index (χ3n) is 2.81. The van der Waals surface area contributed by atoms with E-state index in [-0.39, 0.29) is 5.92 Å². The maximum absolute atomic E-state index is 12.1. The van der Waals surface area contributed by atoms with Crippen LogP contribution in [-0.2, 0) is 11.2 Å². The van der Waals surface area contributed by atoms with Crippen LogP contribution in [0.4, 0.5) is 0 Å². The van der Waals surface area contributed by atoms with Crippen molar-refractivity contribution in [2.24, 2.45) is 5.92 Å². The summed E-state index contributed by atoms with van der Waals surface area (Å²) in [6, 6.07) is -0.897. The van der Waals surface area contributed by atoms with Gasteiger partial charge in [-0.2, -0.15) is 0 Å². The Morgan fingerprint density at radius 3 is 2.53 bits per heavy atom. The summed E-state index contributed by atoms with van der Waals surface area (Å²) >= 11 is 0. The fourth-order valence-corrected chi connectivity index (χ4v) is 1.87. The normalized spacial score (nSPS) is 12.5. The van der Waals surface area contributed by atoms with Gasteiger partial charge in [0, 0.05) is 0 Å². The lowest BCUT2D eigenvalue weighted by Crippen LogP contribution is -2.42. The van der Waals surface area contributed by atoms with Gasteiger partial charge in [-0.1, -0.05) is 25.9 Å². The SMILES string of the molecule is CCc1noc(C)c1C(=O)N[C@@H](CC(C)C)C(=O)O. The molecule has 6 heteroatoms. The van der Waals surface area contributed by atoms with E-state index in [1.807, 2.05) is 20.8 Å². The van der Waals surface area contributed by atoms with Crippen LogP contribution in [0.25, 0.3) is 0 Å². The average molecular weight is 268 g/mol. The lowest BCUT2D eigenvalue weighted by atomic mass is 10.0. The molecule has 1 aromatic rings. The quantitative estimate of drug-likeness (QED) is 0.820. The van der Waals surface area contributed by atoms with Crippen LogP contribution in [0.5, 0.6) is 0 Å². The summed E-state index contributed by atoms with van der Waals surface area (Å²) in [4.78, 5) is 23.3. The molecule has 0 saturated carbocycles. The number of hydrogen-bond donors (Lipinski definition) is 2. The molecular formula is C13H20N2O4. The first-order chi connectivity index (χ1) is 8.86. The highest BCUT2D eigenvalue weighted by molar-refractivity contribution is 5.98. The van der Waals surface area contributed by atoms with Gasteiger partial charge in [0.2, 0.25) is 0 Å². The monoisotopic (exact) mass is 268 g/mol. The van der Waals surface area contributed by atoms with Gasteiger partial charge in [-0.05, 0) is 25.7 Å². The van der Waals surface area contributed by atoms with E-state index in [4.69, 9.17) is 9.63 Å². The molecule has 1 atom stereocenters. The Hall–Kier alpha value is -1.85. The van der Waals surface area contributed by atoms with Crippen molar-refractivity contribution in [1.82, 2.24) is 10.5 Å². The van der Waals surface area contributed by atoms with Crippen molar-refractivity contribution in [3.05, 3.63) is 17.0 Å². The van der Waals surface area contributed by atoms with Crippen molar-refractivity contribution in [3.8, 4) is 0 Å². The number of carboxylic acids is 1. The highest BCUT2D eigenvalue weighted by Crippen LogP contribution is 2.15. The smallest absolute Gasteiger partial charge is 0.326 e. The van der Waals surface area contributed by atoms with E-state index in [0.29, 0.717) is 29.9 Å². The highest BCUT2D eigenvalue weighted by atomic mass is 16.5. The molecule has 0 aromatic carbocycles. The number of amides is 1. The third-order valence-corrected chi connectivity index (χ3v) is 2.81. The van der Waals surface area contributed by atoms with E-state index in [9.17, 15) is 9.59 Å². The number of aryl methyl sites for hydroxylation is 2. The van der Waals surface area contributed by atoms with Crippen LogP contribution in [0.3, 0.4) is 0 Å². The maximum Gasteiger partial charge on any atom is 0.326 e. The van der Waals surface area contributed by atoms with Crippen LogP contribution in [0.1, 0.15) is 49.0 Å². The van der Waals surface area contributed by atoms with E-state index >= 15 is 0 Å². The molecule has 0 fully saturated rings. The van der Waals surface area contributed by atoms with Gasteiger partial charge in [0.25, 0.3) is 5.91 Å². The second-order valence-corrected chi connectivity index (χ2v) is 4.91. The maximum atomic E-state index is 12.1. The van der Waals surface area contributed by atoms with Gasteiger partial charge >= 0.3 is 5.97 Å². The summed E-state index contributed by atoms with van der Waals surface area (Å²) in [7, 11) is 0. The first kappa shape index (κ1) is 15.2. The van der Waals surface area contributed by atoms with E-state index in [2.05, 4.69) is 10.5 Å². The van der Waals surface area contributed by atoms with Crippen molar-refractivity contribution < 1.29 is 19.2 Å². The molecule has 0 bridgehead atoms. The van der Waals surface area contributed by atoms with Crippen molar-refractivity contribution in [1.29, 1.82) is 0 Å². The Morgan fingerprint density at radius 1 is 1.42 bits per heavy atom. The van der Waals surface area contributed by atoms with Gasteiger partial charge < -0.3 is 14.9 Å². The number of nitrogens with zero attached hydrogens (tertiary/aromatic N) is 1. The second kappa shape index (κ2) is 6.36. The zero-order valence-corrected chi connectivity index (χ0v) is 11.7. The molecule has 0 unspecified atom stereocenters. The van der Waals surface area contributed by atoms with Crippen molar-refractivity contribution in [3.63, 3.8) is 0 Å². The summed E-state index contributed by atoms with van der Waals surface area (Å²) < 4.78 is 4.97. The van der Waals surface area contributed by atoms with Crippen molar-refractivity contribution in [2.75, 3.05) is 0 Å². The fourth-order valence-electron chi connectivity index (χ4n) is 1.87. The van der Waals surface area contributed by atoms with Gasteiger partial charge in [0.1, 0.15) is 17.4 Å². The van der Waals surface area contributed by atoms with E-state index < -0.39 is 17.9 Å². The number of aliphatic carboxylic acids is 1. The molecule has 1 rings (SSSR count). The summed E-state index contributed by atoms with van der Waals surface area (Å²) in [5, 5.41) is 15.4. The standard InChI is InChI=1S/C13H20N2O4/c1-5-9-11(8(4)19-15-9)12(16)14-10(13(17)18)6-7(2)3/h7,10H,5-6H2,1-4H3,(H,14,16)(H,17,18)/t10-/m0/s1. The largest absolute Gasteiger partial charge is 0.480 e. The van der Waals surface area contributed by atoms with Crippen LogP contribution < -0.4 is 5.32 Å².